The predicted molar refractivity (Wildman–Crippen MR) is 92.8 cm³/mol. The summed E-state index contributed by atoms with van der Waals surface area (Å²) < 4.78 is 5.46. The van der Waals surface area contributed by atoms with Crippen LogP contribution in [0.1, 0.15) is 37.3 Å². The molecule has 0 heterocycles. The molecule has 1 aliphatic carbocycles. The van der Waals surface area contributed by atoms with E-state index in [0.29, 0.717) is 11.3 Å². The first kappa shape index (κ1) is 15.4. The number of hydrogen-bond donors (Lipinski definition) is 0. The van der Waals surface area contributed by atoms with Crippen LogP contribution in [0.3, 0.4) is 0 Å². The van der Waals surface area contributed by atoms with E-state index in [9.17, 15) is 0 Å². The number of ether oxygens (including phenoxy) is 1. The van der Waals surface area contributed by atoms with Crippen LogP contribution in [0.15, 0.2) is 48.5 Å². The molecule has 2 aromatic carbocycles. The summed E-state index contributed by atoms with van der Waals surface area (Å²) in [5, 5.41) is 0.783. The Kier molecular flexibility index (Phi) is 4.18. The van der Waals surface area contributed by atoms with Gasteiger partial charge < -0.3 is 4.74 Å². The molecule has 0 radical (unpaired) electrons. The van der Waals surface area contributed by atoms with E-state index in [1.807, 2.05) is 18.2 Å². The standard InChI is InChI=1S/C20H23ClO/c1-20(2)17(19(20)14-7-5-4-6-8-14)11-9-15-13-16(21)10-12-18(15)22-3/h4-8,10,12-13,17,19H,9,11H2,1-3H3/t17-,19-/m1/s1. The molecule has 0 bridgehead atoms. The van der Waals surface area contributed by atoms with Crippen LogP contribution in [0.4, 0.5) is 0 Å². The number of rotatable bonds is 5. The third-order valence-electron chi connectivity index (χ3n) is 5.18. The van der Waals surface area contributed by atoms with Gasteiger partial charge in [0.1, 0.15) is 5.75 Å². The Balaban J connectivity index is 1.71. The number of methoxy groups -OCH3 is 1. The van der Waals surface area contributed by atoms with Gasteiger partial charge in [0, 0.05) is 5.02 Å². The highest BCUT2D eigenvalue weighted by atomic mass is 35.5. The van der Waals surface area contributed by atoms with E-state index >= 15 is 0 Å². The quantitative estimate of drug-likeness (QED) is 0.685. The number of aryl methyl sites for hydroxylation is 1. The highest BCUT2D eigenvalue weighted by Crippen LogP contribution is 2.66. The molecule has 0 aliphatic heterocycles. The highest BCUT2D eigenvalue weighted by molar-refractivity contribution is 6.30. The van der Waals surface area contributed by atoms with Crippen molar-refractivity contribution in [1.29, 1.82) is 0 Å². The Morgan fingerprint density at radius 1 is 1.09 bits per heavy atom. The van der Waals surface area contributed by atoms with E-state index in [0.717, 1.165) is 23.1 Å². The Hall–Kier alpha value is -1.47. The average Bonchev–Trinajstić information content (AvgIpc) is 3.07. The van der Waals surface area contributed by atoms with Crippen LogP contribution in [0.2, 0.25) is 5.02 Å². The monoisotopic (exact) mass is 314 g/mol. The van der Waals surface area contributed by atoms with Crippen LogP contribution in [0.25, 0.3) is 0 Å². The molecule has 0 unspecified atom stereocenters. The van der Waals surface area contributed by atoms with Gasteiger partial charge in [-0.05, 0) is 59.4 Å². The molecule has 3 rings (SSSR count). The highest BCUT2D eigenvalue weighted by Gasteiger charge is 2.57. The molecule has 2 aromatic rings. The molecule has 0 N–H and O–H groups in total. The van der Waals surface area contributed by atoms with Crippen molar-refractivity contribution in [1.82, 2.24) is 0 Å². The van der Waals surface area contributed by atoms with Gasteiger partial charge in [0.25, 0.3) is 0 Å². The van der Waals surface area contributed by atoms with Crippen LogP contribution < -0.4 is 4.74 Å². The molecule has 0 spiro atoms. The zero-order valence-electron chi connectivity index (χ0n) is 13.5. The van der Waals surface area contributed by atoms with Crippen molar-refractivity contribution in [3.63, 3.8) is 0 Å². The van der Waals surface area contributed by atoms with Crippen molar-refractivity contribution < 1.29 is 4.74 Å². The topological polar surface area (TPSA) is 9.23 Å². The van der Waals surface area contributed by atoms with Crippen LogP contribution >= 0.6 is 11.6 Å². The first-order valence-electron chi connectivity index (χ1n) is 7.91. The van der Waals surface area contributed by atoms with Crippen LogP contribution in [0, 0.1) is 11.3 Å². The minimum Gasteiger partial charge on any atom is -0.496 e. The maximum atomic E-state index is 6.13. The van der Waals surface area contributed by atoms with Crippen molar-refractivity contribution >= 4 is 11.6 Å². The van der Waals surface area contributed by atoms with Crippen molar-refractivity contribution in [3.8, 4) is 5.75 Å². The second-order valence-corrected chi connectivity index (χ2v) is 7.25. The van der Waals surface area contributed by atoms with Crippen molar-refractivity contribution in [2.45, 2.75) is 32.6 Å². The lowest BCUT2D eigenvalue weighted by molar-refractivity contribution is 0.407. The summed E-state index contributed by atoms with van der Waals surface area (Å²) in [6, 6.07) is 16.8. The third kappa shape index (κ3) is 2.87. The van der Waals surface area contributed by atoms with E-state index in [2.05, 4.69) is 44.2 Å². The van der Waals surface area contributed by atoms with Crippen LogP contribution in [-0.2, 0) is 6.42 Å². The molecule has 0 saturated heterocycles. The minimum atomic E-state index is 0.382. The fourth-order valence-corrected chi connectivity index (χ4v) is 4.05. The molecule has 0 aromatic heterocycles. The third-order valence-corrected chi connectivity index (χ3v) is 5.41. The summed E-state index contributed by atoms with van der Waals surface area (Å²) in [5.41, 5.74) is 3.06. The molecule has 1 saturated carbocycles. The molecule has 1 nitrogen and oxygen atoms in total. The van der Waals surface area contributed by atoms with Gasteiger partial charge in [-0.3, -0.25) is 0 Å². The minimum absolute atomic E-state index is 0.382. The zero-order chi connectivity index (χ0) is 15.7. The average molecular weight is 315 g/mol. The second-order valence-electron chi connectivity index (χ2n) is 6.81. The molecule has 22 heavy (non-hydrogen) atoms. The van der Waals surface area contributed by atoms with Crippen molar-refractivity contribution in [2.24, 2.45) is 11.3 Å². The van der Waals surface area contributed by atoms with Crippen LogP contribution in [-0.4, -0.2) is 7.11 Å². The zero-order valence-corrected chi connectivity index (χ0v) is 14.2. The van der Waals surface area contributed by atoms with E-state index in [1.54, 1.807) is 7.11 Å². The van der Waals surface area contributed by atoms with Gasteiger partial charge in [-0.15, -0.1) is 0 Å². The van der Waals surface area contributed by atoms with Gasteiger partial charge in [0.05, 0.1) is 7.11 Å². The molecule has 1 fully saturated rings. The van der Waals surface area contributed by atoms with Gasteiger partial charge in [0.2, 0.25) is 0 Å². The predicted octanol–water partition coefficient (Wildman–Crippen LogP) is 5.72. The molecule has 2 atom stereocenters. The van der Waals surface area contributed by atoms with Crippen molar-refractivity contribution in [3.05, 3.63) is 64.7 Å². The number of benzene rings is 2. The maximum absolute atomic E-state index is 6.13. The van der Waals surface area contributed by atoms with Gasteiger partial charge >= 0.3 is 0 Å². The lowest BCUT2D eigenvalue weighted by atomic mass is 10.0. The summed E-state index contributed by atoms with van der Waals surface area (Å²) in [6.07, 6.45) is 2.18. The normalized spacial score (nSPS) is 22.4. The van der Waals surface area contributed by atoms with Crippen LogP contribution in [0.5, 0.6) is 5.75 Å². The molecule has 1 aliphatic rings. The molecule has 0 amide bonds. The SMILES string of the molecule is COc1ccc(Cl)cc1CC[C@@H]1[C@@H](c2ccccc2)C1(C)C. The molecule has 2 heteroatoms. The first-order valence-corrected chi connectivity index (χ1v) is 8.29. The summed E-state index contributed by atoms with van der Waals surface area (Å²) in [4.78, 5) is 0. The summed E-state index contributed by atoms with van der Waals surface area (Å²) in [6.45, 7) is 4.76. The molecular weight excluding hydrogens is 292 g/mol. The van der Waals surface area contributed by atoms with Gasteiger partial charge in [0.15, 0.2) is 0 Å². The summed E-state index contributed by atoms with van der Waals surface area (Å²) in [5.74, 6) is 2.33. The fourth-order valence-electron chi connectivity index (χ4n) is 3.86. The van der Waals surface area contributed by atoms with E-state index in [-0.39, 0.29) is 0 Å². The van der Waals surface area contributed by atoms with Gasteiger partial charge in [-0.2, -0.15) is 0 Å². The van der Waals surface area contributed by atoms with E-state index in [4.69, 9.17) is 16.3 Å². The smallest absolute Gasteiger partial charge is 0.122 e. The second kappa shape index (κ2) is 5.96. The molecular formula is C20H23ClO. The van der Waals surface area contributed by atoms with E-state index in [1.165, 1.54) is 17.5 Å². The lowest BCUT2D eigenvalue weighted by Gasteiger charge is -2.09. The maximum Gasteiger partial charge on any atom is 0.122 e. The Morgan fingerprint density at radius 3 is 2.50 bits per heavy atom. The lowest BCUT2D eigenvalue weighted by Crippen LogP contribution is -1.96. The summed E-state index contributed by atoms with van der Waals surface area (Å²) in [7, 11) is 1.72. The van der Waals surface area contributed by atoms with Gasteiger partial charge in [-0.1, -0.05) is 55.8 Å². The van der Waals surface area contributed by atoms with E-state index < -0.39 is 0 Å². The summed E-state index contributed by atoms with van der Waals surface area (Å²) >= 11 is 6.13. The van der Waals surface area contributed by atoms with Crippen molar-refractivity contribution in [2.75, 3.05) is 7.11 Å². The Labute approximate surface area is 138 Å². The van der Waals surface area contributed by atoms with Gasteiger partial charge in [-0.25, -0.2) is 0 Å². The largest absolute Gasteiger partial charge is 0.496 e. The Morgan fingerprint density at radius 2 is 1.82 bits per heavy atom. The number of halogens is 1. The number of hydrogen-bond acceptors (Lipinski definition) is 1. The Bertz CT molecular complexity index is 648. The molecule has 116 valence electrons. The first-order chi connectivity index (χ1) is 10.5. The fraction of sp³-hybridized carbons (Fsp3) is 0.400.